The van der Waals surface area contributed by atoms with Crippen LogP contribution in [-0.2, 0) is 12.6 Å². The van der Waals surface area contributed by atoms with Crippen molar-refractivity contribution < 1.29 is 22.6 Å². The third kappa shape index (κ3) is 4.07. The smallest absolute Gasteiger partial charge is 0.416 e. The van der Waals surface area contributed by atoms with Crippen molar-refractivity contribution in [2.24, 2.45) is 11.7 Å². The Morgan fingerprint density at radius 2 is 2.00 bits per heavy atom. The molecule has 6 heteroatoms. The van der Waals surface area contributed by atoms with Gasteiger partial charge in [-0.15, -0.1) is 0 Å². The van der Waals surface area contributed by atoms with Crippen molar-refractivity contribution in [3.63, 3.8) is 0 Å². The van der Waals surface area contributed by atoms with E-state index >= 15 is 0 Å². The van der Waals surface area contributed by atoms with Crippen LogP contribution in [0.5, 0.6) is 17.2 Å². The first kappa shape index (κ1) is 17.2. The van der Waals surface area contributed by atoms with E-state index in [1.807, 2.05) is 18.2 Å². The van der Waals surface area contributed by atoms with Gasteiger partial charge in [-0.3, -0.25) is 0 Å². The van der Waals surface area contributed by atoms with E-state index in [4.69, 9.17) is 15.2 Å². The Balaban J connectivity index is 1.81. The molecule has 25 heavy (non-hydrogen) atoms. The van der Waals surface area contributed by atoms with Gasteiger partial charge in [-0.2, -0.15) is 13.2 Å². The quantitative estimate of drug-likeness (QED) is 0.853. The summed E-state index contributed by atoms with van der Waals surface area (Å²) in [6, 6.07) is 10.3. The Morgan fingerprint density at radius 3 is 2.76 bits per heavy atom. The normalized spacial score (nSPS) is 17.2. The zero-order valence-electron chi connectivity index (χ0n) is 13.4. The van der Waals surface area contributed by atoms with Gasteiger partial charge in [0.25, 0.3) is 0 Å². The van der Waals surface area contributed by atoms with Crippen molar-refractivity contribution >= 4 is 0 Å². The Labute approximate surface area is 143 Å². The zero-order valence-corrected chi connectivity index (χ0v) is 13.4. The summed E-state index contributed by atoms with van der Waals surface area (Å²) in [5.41, 5.74) is 5.60. The van der Waals surface area contributed by atoms with E-state index in [0.29, 0.717) is 24.0 Å². The fourth-order valence-electron chi connectivity index (χ4n) is 2.82. The van der Waals surface area contributed by atoms with E-state index in [-0.39, 0.29) is 5.75 Å². The lowest BCUT2D eigenvalue weighted by atomic mass is 9.94. The Hall–Kier alpha value is -2.63. The van der Waals surface area contributed by atoms with Gasteiger partial charge in [-0.25, -0.2) is 0 Å². The van der Waals surface area contributed by atoms with Crippen LogP contribution in [0.15, 0.2) is 54.7 Å². The highest BCUT2D eigenvalue weighted by atomic mass is 19.4. The van der Waals surface area contributed by atoms with Crippen molar-refractivity contribution in [2.75, 3.05) is 6.61 Å². The van der Waals surface area contributed by atoms with Crippen LogP contribution in [-0.4, -0.2) is 6.61 Å². The Bertz CT molecular complexity index is 772. The molecule has 0 saturated heterocycles. The van der Waals surface area contributed by atoms with E-state index in [2.05, 4.69) is 0 Å². The summed E-state index contributed by atoms with van der Waals surface area (Å²) in [4.78, 5) is 0. The molecular formula is C19H18F3NO2. The molecule has 0 saturated carbocycles. The summed E-state index contributed by atoms with van der Waals surface area (Å²) >= 11 is 0. The van der Waals surface area contributed by atoms with Gasteiger partial charge in [0.1, 0.15) is 5.75 Å². The predicted octanol–water partition coefficient (Wildman–Crippen LogP) is 4.91. The lowest BCUT2D eigenvalue weighted by molar-refractivity contribution is -0.137. The maximum atomic E-state index is 12.8. The average molecular weight is 349 g/mol. The molecule has 1 aliphatic heterocycles. The number of para-hydroxylation sites is 1. The minimum atomic E-state index is -4.41. The molecule has 0 amide bonds. The Kier molecular flexibility index (Phi) is 4.88. The number of ether oxygens (including phenoxy) is 2. The molecule has 2 aromatic carbocycles. The highest BCUT2D eigenvalue weighted by Crippen LogP contribution is 2.40. The SMILES string of the molecule is NC=CCC1COc2c(cccc2Oc2cccc(C(F)(F)F)c2)C1. The van der Waals surface area contributed by atoms with Crippen molar-refractivity contribution in [1.82, 2.24) is 0 Å². The van der Waals surface area contributed by atoms with E-state index in [1.165, 1.54) is 18.3 Å². The second-order valence-electron chi connectivity index (χ2n) is 5.92. The molecule has 3 nitrogen and oxygen atoms in total. The summed E-state index contributed by atoms with van der Waals surface area (Å²) in [7, 11) is 0. The van der Waals surface area contributed by atoms with Gasteiger partial charge in [0.2, 0.25) is 0 Å². The number of alkyl halides is 3. The van der Waals surface area contributed by atoms with Crippen molar-refractivity contribution in [3.05, 3.63) is 65.9 Å². The molecule has 0 aliphatic carbocycles. The number of halogens is 3. The highest BCUT2D eigenvalue weighted by molar-refractivity contribution is 5.50. The molecule has 0 bridgehead atoms. The fraction of sp³-hybridized carbons (Fsp3) is 0.263. The van der Waals surface area contributed by atoms with Crippen molar-refractivity contribution in [1.29, 1.82) is 0 Å². The third-order valence-electron chi connectivity index (χ3n) is 4.03. The molecular weight excluding hydrogens is 331 g/mol. The van der Waals surface area contributed by atoms with Crippen molar-refractivity contribution in [2.45, 2.75) is 19.0 Å². The summed E-state index contributed by atoms with van der Waals surface area (Å²) in [5.74, 6) is 1.45. The standard InChI is InChI=1S/C19H18F3NO2/c20-19(21,22)15-6-2-7-16(11-15)25-17-8-1-5-14-10-13(4-3-9-23)12-24-18(14)17/h1-3,5-9,11,13H,4,10,12,23H2. The number of hydrogen-bond acceptors (Lipinski definition) is 3. The van der Waals surface area contributed by atoms with Gasteiger partial charge in [0, 0.05) is 5.92 Å². The van der Waals surface area contributed by atoms with Crippen LogP contribution < -0.4 is 15.2 Å². The molecule has 2 aromatic rings. The molecule has 0 aromatic heterocycles. The number of allylic oxidation sites excluding steroid dienone is 1. The summed E-state index contributed by atoms with van der Waals surface area (Å²) in [6.45, 7) is 0.514. The van der Waals surface area contributed by atoms with E-state index in [0.717, 1.165) is 30.5 Å². The lowest BCUT2D eigenvalue weighted by Crippen LogP contribution is -2.20. The fourth-order valence-corrected chi connectivity index (χ4v) is 2.82. The number of hydrogen-bond donors (Lipinski definition) is 1. The second kappa shape index (κ2) is 7.09. The van der Waals surface area contributed by atoms with Crippen LogP contribution in [0.1, 0.15) is 17.5 Å². The number of rotatable bonds is 4. The summed E-state index contributed by atoms with van der Waals surface area (Å²) < 4.78 is 50.0. The van der Waals surface area contributed by atoms with Gasteiger partial charge in [-0.1, -0.05) is 24.3 Å². The maximum Gasteiger partial charge on any atom is 0.416 e. The van der Waals surface area contributed by atoms with Gasteiger partial charge >= 0.3 is 6.18 Å². The lowest BCUT2D eigenvalue weighted by Gasteiger charge is -2.26. The largest absolute Gasteiger partial charge is 0.489 e. The topological polar surface area (TPSA) is 44.5 Å². The molecule has 0 fully saturated rings. The van der Waals surface area contributed by atoms with Gasteiger partial charge < -0.3 is 15.2 Å². The minimum absolute atomic E-state index is 0.125. The van der Waals surface area contributed by atoms with Gasteiger partial charge in [0.15, 0.2) is 11.5 Å². The molecule has 1 heterocycles. The Morgan fingerprint density at radius 1 is 1.20 bits per heavy atom. The summed E-state index contributed by atoms with van der Waals surface area (Å²) in [6.07, 6.45) is 0.620. The van der Waals surface area contributed by atoms with Gasteiger partial charge in [-0.05, 0) is 48.9 Å². The van der Waals surface area contributed by atoms with E-state index in [1.54, 1.807) is 6.07 Å². The molecule has 2 N–H and O–H groups in total. The molecule has 0 radical (unpaired) electrons. The second-order valence-corrected chi connectivity index (χ2v) is 5.92. The first-order chi connectivity index (χ1) is 12.0. The zero-order chi connectivity index (χ0) is 17.9. The molecule has 1 atom stereocenters. The first-order valence-corrected chi connectivity index (χ1v) is 7.94. The molecule has 1 aliphatic rings. The van der Waals surface area contributed by atoms with E-state index in [9.17, 15) is 13.2 Å². The highest BCUT2D eigenvalue weighted by Gasteiger charge is 2.31. The van der Waals surface area contributed by atoms with E-state index < -0.39 is 11.7 Å². The van der Waals surface area contributed by atoms with Crippen LogP contribution in [0.2, 0.25) is 0 Å². The molecule has 1 unspecified atom stereocenters. The molecule has 0 spiro atoms. The summed E-state index contributed by atoms with van der Waals surface area (Å²) in [5, 5.41) is 0. The number of benzene rings is 2. The first-order valence-electron chi connectivity index (χ1n) is 7.94. The van der Waals surface area contributed by atoms with Crippen LogP contribution in [0.4, 0.5) is 13.2 Å². The number of fused-ring (bicyclic) bond motifs is 1. The average Bonchev–Trinajstić information content (AvgIpc) is 2.59. The van der Waals surface area contributed by atoms with Crippen LogP contribution >= 0.6 is 0 Å². The molecule has 3 rings (SSSR count). The van der Waals surface area contributed by atoms with Crippen LogP contribution in [0.25, 0.3) is 0 Å². The monoisotopic (exact) mass is 349 g/mol. The predicted molar refractivity (Wildman–Crippen MR) is 88.6 cm³/mol. The van der Waals surface area contributed by atoms with Gasteiger partial charge in [0.05, 0.1) is 12.2 Å². The van der Waals surface area contributed by atoms with Crippen molar-refractivity contribution in [3.8, 4) is 17.2 Å². The maximum absolute atomic E-state index is 12.8. The number of nitrogens with two attached hydrogens (primary N) is 1. The minimum Gasteiger partial charge on any atom is -0.489 e. The van der Waals surface area contributed by atoms with Crippen LogP contribution in [0, 0.1) is 5.92 Å². The third-order valence-corrected chi connectivity index (χ3v) is 4.03. The van der Waals surface area contributed by atoms with Crippen LogP contribution in [0.3, 0.4) is 0 Å². The molecule has 132 valence electrons.